The summed E-state index contributed by atoms with van der Waals surface area (Å²) >= 11 is 1.48. The van der Waals surface area contributed by atoms with Gasteiger partial charge in [-0.3, -0.25) is 4.57 Å². The lowest BCUT2D eigenvalue weighted by Crippen LogP contribution is -1.96. The molecule has 0 radical (unpaired) electrons. The van der Waals surface area contributed by atoms with Crippen molar-refractivity contribution in [2.75, 3.05) is 7.11 Å². The van der Waals surface area contributed by atoms with Crippen molar-refractivity contribution < 1.29 is 9.13 Å². The average Bonchev–Trinajstić information content (AvgIpc) is 3.02. The maximum atomic E-state index is 13.4. The van der Waals surface area contributed by atoms with Gasteiger partial charge in [0, 0.05) is 17.0 Å². The zero-order chi connectivity index (χ0) is 15.4. The Balaban J connectivity index is 1.81. The number of methoxy groups -OCH3 is 1. The molecule has 2 aromatic carbocycles. The van der Waals surface area contributed by atoms with Crippen LogP contribution in [0.3, 0.4) is 0 Å². The fourth-order valence-electron chi connectivity index (χ4n) is 2.09. The van der Waals surface area contributed by atoms with Crippen LogP contribution < -0.4 is 4.74 Å². The Morgan fingerprint density at radius 2 is 2.00 bits per heavy atom. The molecular weight excluding hydrogens is 301 g/mol. The highest BCUT2D eigenvalue weighted by atomic mass is 32.2. The number of hydrogen-bond acceptors (Lipinski definition) is 4. The number of halogens is 1. The number of para-hydroxylation sites is 1. The van der Waals surface area contributed by atoms with Gasteiger partial charge < -0.3 is 4.74 Å². The molecule has 4 nitrogen and oxygen atoms in total. The van der Waals surface area contributed by atoms with E-state index < -0.39 is 0 Å². The molecule has 1 aromatic heterocycles. The molecule has 0 atom stereocenters. The largest absolute Gasteiger partial charge is 0.496 e. The number of nitrogens with zero attached hydrogens (tertiary/aromatic N) is 3. The van der Waals surface area contributed by atoms with Gasteiger partial charge in [-0.1, -0.05) is 30.0 Å². The van der Waals surface area contributed by atoms with Gasteiger partial charge in [0.25, 0.3) is 0 Å². The molecule has 22 heavy (non-hydrogen) atoms. The van der Waals surface area contributed by atoms with Crippen LogP contribution in [0.25, 0.3) is 5.69 Å². The molecule has 3 rings (SSSR count). The Kier molecular flexibility index (Phi) is 4.39. The molecule has 0 saturated heterocycles. The molecule has 1 heterocycles. The summed E-state index contributed by atoms with van der Waals surface area (Å²) in [6.45, 7) is 0. The summed E-state index contributed by atoms with van der Waals surface area (Å²) < 4.78 is 20.6. The SMILES string of the molecule is COc1ccc(F)cc1CSc1nncn1-c1ccccc1. The zero-order valence-corrected chi connectivity index (χ0v) is 12.8. The third kappa shape index (κ3) is 3.12. The smallest absolute Gasteiger partial charge is 0.195 e. The van der Waals surface area contributed by atoms with Crippen LogP contribution in [0.5, 0.6) is 5.75 Å². The fraction of sp³-hybridized carbons (Fsp3) is 0.125. The maximum Gasteiger partial charge on any atom is 0.195 e. The van der Waals surface area contributed by atoms with E-state index in [-0.39, 0.29) is 5.82 Å². The van der Waals surface area contributed by atoms with Crippen LogP contribution in [0.4, 0.5) is 4.39 Å². The molecule has 0 aliphatic heterocycles. The minimum absolute atomic E-state index is 0.277. The van der Waals surface area contributed by atoms with Crippen molar-refractivity contribution >= 4 is 11.8 Å². The van der Waals surface area contributed by atoms with Gasteiger partial charge in [-0.05, 0) is 30.3 Å². The van der Waals surface area contributed by atoms with E-state index in [0.717, 1.165) is 16.4 Å². The van der Waals surface area contributed by atoms with Gasteiger partial charge >= 0.3 is 0 Å². The third-order valence-electron chi connectivity index (χ3n) is 3.15. The van der Waals surface area contributed by atoms with Crippen molar-refractivity contribution in [3.63, 3.8) is 0 Å². The first-order valence-corrected chi connectivity index (χ1v) is 7.67. The van der Waals surface area contributed by atoms with E-state index in [9.17, 15) is 4.39 Å². The van der Waals surface area contributed by atoms with Gasteiger partial charge in [-0.15, -0.1) is 10.2 Å². The second-order valence-electron chi connectivity index (χ2n) is 4.56. The summed E-state index contributed by atoms with van der Waals surface area (Å²) in [5.74, 6) is 0.938. The van der Waals surface area contributed by atoms with Crippen LogP contribution in [-0.2, 0) is 5.75 Å². The quantitative estimate of drug-likeness (QED) is 0.673. The van der Waals surface area contributed by atoms with Crippen LogP contribution in [-0.4, -0.2) is 21.9 Å². The first-order valence-electron chi connectivity index (χ1n) is 6.68. The molecule has 0 fully saturated rings. The molecule has 0 aliphatic carbocycles. The van der Waals surface area contributed by atoms with Crippen molar-refractivity contribution in [3.8, 4) is 11.4 Å². The van der Waals surface area contributed by atoms with E-state index in [1.165, 1.54) is 23.9 Å². The summed E-state index contributed by atoms with van der Waals surface area (Å²) in [7, 11) is 1.58. The zero-order valence-electron chi connectivity index (χ0n) is 11.9. The van der Waals surface area contributed by atoms with Gasteiger partial charge in [0.15, 0.2) is 5.16 Å². The second-order valence-corrected chi connectivity index (χ2v) is 5.51. The monoisotopic (exact) mass is 315 g/mol. The third-order valence-corrected chi connectivity index (χ3v) is 4.14. The molecular formula is C16H14FN3OS. The second kappa shape index (κ2) is 6.62. The minimum Gasteiger partial charge on any atom is -0.496 e. The van der Waals surface area contributed by atoms with Gasteiger partial charge in [-0.2, -0.15) is 0 Å². The van der Waals surface area contributed by atoms with Gasteiger partial charge in [0.2, 0.25) is 0 Å². The van der Waals surface area contributed by atoms with Crippen LogP contribution in [0.1, 0.15) is 5.56 Å². The maximum absolute atomic E-state index is 13.4. The normalized spacial score (nSPS) is 10.6. The Hall–Kier alpha value is -2.34. The van der Waals surface area contributed by atoms with Crippen LogP contribution in [0.15, 0.2) is 60.0 Å². The highest BCUT2D eigenvalue weighted by Gasteiger charge is 2.10. The first kappa shape index (κ1) is 14.6. The van der Waals surface area contributed by atoms with Crippen molar-refractivity contribution in [1.29, 1.82) is 0 Å². The molecule has 0 spiro atoms. The van der Waals surface area contributed by atoms with Crippen LogP contribution in [0.2, 0.25) is 0 Å². The van der Waals surface area contributed by atoms with Gasteiger partial charge in [0.05, 0.1) is 7.11 Å². The Bertz CT molecular complexity index is 761. The van der Waals surface area contributed by atoms with E-state index in [0.29, 0.717) is 11.5 Å². The van der Waals surface area contributed by atoms with E-state index in [4.69, 9.17) is 4.74 Å². The fourth-order valence-corrected chi connectivity index (χ4v) is 3.00. The van der Waals surface area contributed by atoms with E-state index in [2.05, 4.69) is 10.2 Å². The summed E-state index contributed by atoms with van der Waals surface area (Å²) in [5.41, 5.74) is 1.77. The lowest BCUT2D eigenvalue weighted by molar-refractivity contribution is 0.410. The number of benzene rings is 2. The number of rotatable bonds is 5. The summed E-state index contributed by atoms with van der Waals surface area (Å²) in [5, 5.41) is 8.83. The molecule has 0 saturated carbocycles. The number of aromatic nitrogens is 3. The highest BCUT2D eigenvalue weighted by molar-refractivity contribution is 7.98. The summed E-state index contributed by atoms with van der Waals surface area (Å²) in [4.78, 5) is 0. The summed E-state index contributed by atoms with van der Waals surface area (Å²) in [6.07, 6.45) is 1.67. The Morgan fingerprint density at radius 1 is 1.18 bits per heavy atom. The minimum atomic E-state index is -0.277. The highest BCUT2D eigenvalue weighted by Crippen LogP contribution is 2.28. The number of thioether (sulfide) groups is 1. The van der Waals surface area contributed by atoms with Crippen LogP contribution >= 0.6 is 11.8 Å². The predicted molar refractivity (Wildman–Crippen MR) is 83.9 cm³/mol. The average molecular weight is 315 g/mol. The molecule has 112 valence electrons. The topological polar surface area (TPSA) is 39.9 Å². The van der Waals surface area contributed by atoms with Gasteiger partial charge in [0.1, 0.15) is 17.9 Å². The molecule has 0 amide bonds. The first-order chi connectivity index (χ1) is 10.8. The van der Waals surface area contributed by atoms with Crippen molar-refractivity contribution in [2.24, 2.45) is 0 Å². The summed E-state index contributed by atoms with van der Waals surface area (Å²) in [6, 6.07) is 14.3. The number of hydrogen-bond donors (Lipinski definition) is 0. The van der Waals surface area contributed by atoms with E-state index >= 15 is 0 Å². The molecule has 6 heteroatoms. The number of ether oxygens (including phenoxy) is 1. The van der Waals surface area contributed by atoms with Crippen LogP contribution in [0, 0.1) is 5.82 Å². The molecule has 0 bridgehead atoms. The van der Waals surface area contributed by atoms with Crippen molar-refractivity contribution in [3.05, 3.63) is 66.2 Å². The molecule has 0 N–H and O–H groups in total. The standard InChI is InChI=1S/C16H14FN3OS/c1-21-15-8-7-13(17)9-12(15)10-22-16-19-18-11-20(16)14-5-3-2-4-6-14/h2-9,11H,10H2,1H3. The van der Waals surface area contributed by atoms with E-state index in [1.807, 2.05) is 34.9 Å². The van der Waals surface area contributed by atoms with Crippen molar-refractivity contribution in [2.45, 2.75) is 10.9 Å². The Morgan fingerprint density at radius 3 is 2.77 bits per heavy atom. The molecule has 0 unspecified atom stereocenters. The molecule has 0 aliphatic rings. The lowest BCUT2D eigenvalue weighted by Gasteiger charge is -2.09. The Labute approximate surface area is 132 Å². The lowest BCUT2D eigenvalue weighted by atomic mass is 10.2. The van der Waals surface area contributed by atoms with Crippen molar-refractivity contribution in [1.82, 2.24) is 14.8 Å². The predicted octanol–water partition coefficient (Wildman–Crippen LogP) is 3.71. The molecule has 3 aromatic rings. The van der Waals surface area contributed by atoms with E-state index in [1.54, 1.807) is 19.5 Å². The van der Waals surface area contributed by atoms with Gasteiger partial charge in [-0.25, -0.2) is 4.39 Å².